The molecule has 0 aliphatic heterocycles. The molecule has 0 aromatic heterocycles. The quantitative estimate of drug-likeness (QED) is 0.515. The van der Waals surface area contributed by atoms with Crippen LogP contribution < -0.4 is 0 Å². The SMILES string of the molecule is O=S(=O)(O)c1cccc(N=Nc2ccc(S)cc2)c1. The third-order valence-electron chi connectivity index (χ3n) is 2.25. The number of rotatable bonds is 3. The Kier molecular flexibility index (Phi) is 3.98. The van der Waals surface area contributed by atoms with Crippen LogP contribution in [0.1, 0.15) is 0 Å². The van der Waals surface area contributed by atoms with Crippen molar-refractivity contribution in [2.75, 3.05) is 0 Å². The Labute approximate surface area is 116 Å². The maximum Gasteiger partial charge on any atom is 0.294 e. The Balaban J connectivity index is 2.26. The zero-order valence-corrected chi connectivity index (χ0v) is 11.3. The summed E-state index contributed by atoms with van der Waals surface area (Å²) in [7, 11) is -4.23. The van der Waals surface area contributed by atoms with E-state index < -0.39 is 10.1 Å². The van der Waals surface area contributed by atoms with Crippen LogP contribution in [0.3, 0.4) is 0 Å². The molecule has 0 heterocycles. The maximum atomic E-state index is 11.0. The third-order valence-corrected chi connectivity index (χ3v) is 3.39. The summed E-state index contributed by atoms with van der Waals surface area (Å²) in [6.07, 6.45) is 0. The van der Waals surface area contributed by atoms with E-state index in [4.69, 9.17) is 4.55 Å². The van der Waals surface area contributed by atoms with E-state index in [-0.39, 0.29) is 4.90 Å². The average Bonchev–Trinajstić information content (AvgIpc) is 2.37. The highest BCUT2D eigenvalue weighted by atomic mass is 32.2. The number of hydrogen-bond donors (Lipinski definition) is 2. The summed E-state index contributed by atoms with van der Waals surface area (Å²) >= 11 is 4.15. The van der Waals surface area contributed by atoms with Crippen LogP contribution >= 0.6 is 12.6 Å². The Bertz CT molecular complexity index is 710. The predicted molar refractivity (Wildman–Crippen MR) is 74.1 cm³/mol. The zero-order chi connectivity index (χ0) is 13.9. The van der Waals surface area contributed by atoms with Crippen LogP contribution in [0, 0.1) is 0 Å². The lowest BCUT2D eigenvalue weighted by atomic mass is 10.3. The first-order chi connectivity index (χ1) is 8.95. The molecule has 0 unspecified atom stereocenters. The number of nitrogens with zero attached hydrogens (tertiary/aromatic N) is 2. The standard InChI is InChI=1S/C12H10N2O3S2/c15-19(16,17)12-3-1-2-10(8-12)14-13-9-4-6-11(18)7-5-9/h1-8,18H,(H,15,16,17). The molecule has 98 valence electrons. The van der Waals surface area contributed by atoms with Gasteiger partial charge in [-0.1, -0.05) is 6.07 Å². The highest BCUT2D eigenvalue weighted by molar-refractivity contribution is 7.85. The molecule has 0 amide bonds. The molecular formula is C12H10N2O3S2. The van der Waals surface area contributed by atoms with Crippen molar-refractivity contribution < 1.29 is 13.0 Å². The molecule has 2 rings (SSSR count). The molecule has 0 bridgehead atoms. The van der Waals surface area contributed by atoms with Crippen molar-refractivity contribution in [3.05, 3.63) is 48.5 Å². The summed E-state index contributed by atoms with van der Waals surface area (Å²) < 4.78 is 30.9. The largest absolute Gasteiger partial charge is 0.294 e. The fourth-order valence-electron chi connectivity index (χ4n) is 1.34. The summed E-state index contributed by atoms with van der Waals surface area (Å²) in [6.45, 7) is 0. The first-order valence-electron chi connectivity index (χ1n) is 5.23. The summed E-state index contributed by atoms with van der Waals surface area (Å²) in [6, 6.07) is 12.6. The monoisotopic (exact) mass is 294 g/mol. The number of thiol groups is 1. The number of benzene rings is 2. The predicted octanol–water partition coefficient (Wildman–Crippen LogP) is 3.64. The molecule has 1 N–H and O–H groups in total. The minimum atomic E-state index is -4.23. The number of azo groups is 1. The van der Waals surface area contributed by atoms with Crippen LogP contribution in [-0.2, 0) is 10.1 Å². The van der Waals surface area contributed by atoms with Gasteiger partial charge in [0, 0.05) is 4.90 Å². The Hall–Kier alpha value is -1.70. The molecule has 2 aromatic rings. The highest BCUT2D eigenvalue weighted by Gasteiger charge is 2.09. The van der Waals surface area contributed by atoms with Crippen molar-refractivity contribution >= 4 is 34.1 Å². The Morgan fingerprint density at radius 3 is 2.21 bits per heavy atom. The van der Waals surface area contributed by atoms with Crippen molar-refractivity contribution in [3.63, 3.8) is 0 Å². The van der Waals surface area contributed by atoms with E-state index in [1.807, 2.05) is 0 Å². The van der Waals surface area contributed by atoms with Crippen LogP contribution in [0.5, 0.6) is 0 Å². The van der Waals surface area contributed by atoms with Gasteiger partial charge in [0.2, 0.25) is 0 Å². The second-order valence-corrected chi connectivity index (χ2v) is 5.63. The van der Waals surface area contributed by atoms with Crippen LogP contribution in [0.15, 0.2) is 68.6 Å². The normalized spacial score (nSPS) is 11.9. The zero-order valence-electron chi connectivity index (χ0n) is 9.63. The van der Waals surface area contributed by atoms with Gasteiger partial charge in [-0.2, -0.15) is 18.6 Å². The molecule has 0 aliphatic rings. The first-order valence-corrected chi connectivity index (χ1v) is 7.12. The first kappa shape index (κ1) is 13.7. The van der Waals surface area contributed by atoms with Gasteiger partial charge in [-0.15, -0.1) is 12.6 Å². The second-order valence-electron chi connectivity index (χ2n) is 3.69. The van der Waals surface area contributed by atoms with E-state index in [9.17, 15) is 8.42 Å². The van der Waals surface area contributed by atoms with Crippen molar-refractivity contribution in [3.8, 4) is 0 Å². The molecule has 0 radical (unpaired) electrons. The molecule has 0 atom stereocenters. The minimum absolute atomic E-state index is 0.213. The topological polar surface area (TPSA) is 79.1 Å². The van der Waals surface area contributed by atoms with Crippen LogP contribution in [0.4, 0.5) is 11.4 Å². The molecular weight excluding hydrogens is 284 g/mol. The van der Waals surface area contributed by atoms with E-state index in [0.717, 1.165) is 4.90 Å². The summed E-state index contributed by atoms with van der Waals surface area (Å²) in [4.78, 5) is 0.599. The molecule has 0 spiro atoms. The summed E-state index contributed by atoms with van der Waals surface area (Å²) in [5, 5.41) is 7.86. The molecule has 5 nitrogen and oxygen atoms in total. The molecule has 2 aromatic carbocycles. The average molecular weight is 294 g/mol. The van der Waals surface area contributed by atoms with Crippen LogP contribution in [-0.4, -0.2) is 13.0 Å². The van der Waals surface area contributed by atoms with Crippen LogP contribution in [0.2, 0.25) is 0 Å². The van der Waals surface area contributed by atoms with Gasteiger partial charge in [0.15, 0.2) is 0 Å². The minimum Gasteiger partial charge on any atom is -0.282 e. The summed E-state index contributed by atoms with van der Waals surface area (Å²) in [5.74, 6) is 0. The van der Waals surface area contributed by atoms with Gasteiger partial charge in [0.1, 0.15) is 0 Å². The van der Waals surface area contributed by atoms with Gasteiger partial charge in [-0.25, -0.2) is 0 Å². The van der Waals surface area contributed by atoms with Gasteiger partial charge >= 0.3 is 0 Å². The number of hydrogen-bond acceptors (Lipinski definition) is 5. The van der Waals surface area contributed by atoms with Gasteiger partial charge in [0.05, 0.1) is 16.3 Å². The lowest BCUT2D eigenvalue weighted by Crippen LogP contribution is -1.96. The lowest BCUT2D eigenvalue weighted by Gasteiger charge is -1.98. The van der Waals surface area contributed by atoms with E-state index in [0.29, 0.717) is 11.4 Å². The van der Waals surface area contributed by atoms with E-state index in [2.05, 4.69) is 22.9 Å². The van der Waals surface area contributed by atoms with Gasteiger partial charge < -0.3 is 0 Å². The highest BCUT2D eigenvalue weighted by Crippen LogP contribution is 2.21. The Morgan fingerprint density at radius 2 is 1.58 bits per heavy atom. The fourth-order valence-corrected chi connectivity index (χ4v) is 2.01. The molecule has 0 aliphatic carbocycles. The van der Waals surface area contributed by atoms with Gasteiger partial charge in [0.25, 0.3) is 10.1 Å². The van der Waals surface area contributed by atoms with E-state index >= 15 is 0 Å². The summed E-state index contributed by atoms with van der Waals surface area (Å²) in [5.41, 5.74) is 0.958. The lowest BCUT2D eigenvalue weighted by molar-refractivity contribution is 0.483. The van der Waals surface area contributed by atoms with Crippen molar-refractivity contribution in [1.82, 2.24) is 0 Å². The third kappa shape index (κ3) is 3.88. The fraction of sp³-hybridized carbons (Fsp3) is 0. The molecule has 7 heteroatoms. The van der Waals surface area contributed by atoms with Crippen LogP contribution in [0.25, 0.3) is 0 Å². The second kappa shape index (κ2) is 5.52. The van der Waals surface area contributed by atoms with E-state index in [1.165, 1.54) is 18.2 Å². The molecule has 19 heavy (non-hydrogen) atoms. The van der Waals surface area contributed by atoms with Gasteiger partial charge in [-0.3, -0.25) is 4.55 Å². The Morgan fingerprint density at radius 1 is 0.947 bits per heavy atom. The maximum absolute atomic E-state index is 11.0. The van der Waals surface area contributed by atoms with E-state index in [1.54, 1.807) is 30.3 Å². The van der Waals surface area contributed by atoms with Gasteiger partial charge in [-0.05, 0) is 42.5 Å². The smallest absolute Gasteiger partial charge is 0.282 e. The van der Waals surface area contributed by atoms with Crippen molar-refractivity contribution in [2.24, 2.45) is 10.2 Å². The molecule has 0 fully saturated rings. The van der Waals surface area contributed by atoms with Crippen molar-refractivity contribution in [1.29, 1.82) is 0 Å². The molecule has 0 saturated heterocycles. The molecule has 0 saturated carbocycles. The van der Waals surface area contributed by atoms with Crippen molar-refractivity contribution in [2.45, 2.75) is 9.79 Å².